The standard InChI is InChI=1S/C31H54N2O23/c1-9(38)33-16-10(39)4-31(30(47)49-3,55-24(16)17(41)11(40)5-34)56-25-19(43)13(7-36)50-28(22(25)46)53-23-14(8-37)52-27(15(32)20(23)44)54-26-21(45)18(42)12(6-35)51-29(26)48-2/h10-29,34-37,39-46H,4-8,32H2,1-3H3,(H,33,38)/t10-,11+,12+,13+,14+,15+,16+,17+,18+,19-,20+,21-,22+,23+,24+,25-,26-,27-,28-,29+,31-/m0/s1. The monoisotopic (exact) mass is 822 g/mol. The zero-order valence-corrected chi connectivity index (χ0v) is 30.5. The highest BCUT2D eigenvalue weighted by molar-refractivity contribution is 5.78. The lowest BCUT2D eigenvalue weighted by molar-refractivity contribution is -0.387. The van der Waals surface area contributed by atoms with E-state index in [4.69, 9.17) is 48.4 Å². The number of carbonyl (C=O) groups excluding carboxylic acids is 2. The summed E-state index contributed by atoms with van der Waals surface area (Å²) in [4.78, 5) is 25.3. The molecule has 326 valence electrons. The Hall–Kier alpha value is -1.90. The normalized spacial score (nSPS) is 45.8. The van der Waals surface area contributed by atoms with Crippen molar-refractivity contribution in [2.24, 2.45) is 5.73 Å². The molecule has 0 saturated carbocycles. The third-order valence-electron chi connectivity index (χ3n) is 10.0. The quantitative estimate of drug-likeness (QED) is 0.0682. The van der Waals surface area contributed by atoms with Gasteiger partial charge in [-0.15, -0.1) is 0 Å². The van der Waals surface area contributed by atoms with Crippen LogP contribution < -0.4 is 11.1 Å². The number of aliphatic hydroxyl groups is 12. The van der Waals surface area contributed by atoms with Gasteiger partial charge in [0.05, 0.1) is 51.7 Å². The third kappa shape index (κ3) is 9.59. The van der Waals surface area contributed by atoms with Gasteiger partial charge in [0.1, 0.15) is 85.5 Å². The van der Waals surface area contributed by atoms with E-state index < -0.39 is 173 Å². The summed E-state index contributed by atoms with van der Waals surface area (Å²) >= 11 is 0. The van der Waals surface area contributed by atoms with Crippen molar-refractivity contribution in [3.05, 3.63) is 0 Å². The Morgan fingerprint density at radius 2 is 1.34 bits per heavy atom. The van der Waals surface area contributed by atoms with Gasteiger partial charge in [0.2, 0.25) is 5.91 Å². The Morgan fingerprint density at radius 3 is 1.89 bits per heavy atom. The molecule has 25 heteroatoms. The zero-order chi connectivity index (χ0) is 41.8. The van der Waals surface area contributed by atoms with E-state index >= 15 is 0 Å². The molecule has 0 radical (unpaired) electrons. The molecular formula is C31H54N2O23. The lowest BCUT2D eigenvalue weighted by Gasteiger charge is -2.51. The summed E-state index contributed by atoms with van der Waals surface area (Å²) in [6, 6.07) is -3.09. The highest BCUT2D eigenvalue weighted by Gasteiger charge is 2.60. The van der Waals surface area contributed by atoms with Gasteiger partial charge in [0.15, 0.2) is 18.9 Å². The van der Waals surface area contributed by atoms with Gasteiger partial charge in [-0.25, -0.2) is 4.79 Å². The van der Waals surface area contributed by atoms with Gasteiger partial charge in [-0.05, 0) is 0 Å². The number of aliphatic hydroxyl groups excluding tert-OH is 12. The van der Waals surface area contributed by atoms with E-state index in [1.807, 2.05) is 0 Å². The highest BCUT2D eigenvalue weighted by Crippen LogP contribution is 2.39. The van der Waals surface area contributed by atoms with Crippen LogP contribution in [0, 0.1) is 0 Å². The summed E-state index contributed by atoms with van der Waals surface area (Å²) < 4.78 is 49.9. The van der Waals surface area contributed by atoms with Crippen LogP contribution >= 0.6 is 0 Å². The number of rotatable bonds is 15. The molecule has 4 aliphatic rings. The number of carbonyl (C=O) groups is 2. The van der Waals surface area contributed by atoms with Crippen LogP contribution in [0.2, 0.25) is 0 Å². The highest BCUT2D eigenvalue weighted by atomic mass is 16.8. The van der Waals surface area contributed by atoms with Gasteiger partial charge in [-0.3, -0.25) is 4.79 Å². The van der Waals surface area contributed by atoms with Crippen molar-refractivity contribution in [3.8, 4) is 0 Å². The average Bonchev–Trinajstić information content (AvgIpc) is 3.18. The summed E-state index contributed by atoms with van der Waals surface area (Å²) in [5.74, 6) is -4.98. The smallest absolute Gasteiger partial charge is 0.366 e. The maximum atomic E-state index is 13.4. The first-order valence-corrected chi connectivity index (χ1v) is 17.6. The number of nitrogens with one attached hydrogen (secondary N) is 1. The van der Waals surface area contributed by atoms with E-state index in [0.717, 1.165) is 14.0 Å². The van der Waals surface area contributed by atoms with Gasteiger partial charge in [-0.2, -0.15) is 0 Å². The van der Waals surface area contributed by atoms with E-state index in [9.17, 15) is 70.9 Å². The Morgan fingerprint density at radius 1 is 0.768 bits per heavy atom. The van der Waals surface area contributed by atoms with E-state index in [-0.39, 0.29) is 0 Å². The third-order valence-corrected chi connectivity index (χ3v) is 10.0. The first kappa shape index (κ1) is 46.8. The minimum absolute atomic E-state index is 0.681. The summed E-state index contributed by atoms with van der Waals surface area (Å²) in [7, 11) is 2.06. The number of methoxy groups -OCH3 is 2. The van der Waals surface area contributed by atoms with Gasteiger partial charge in [-0.1, -0.05) is 0 Å². The molecule has 15 N–H and O–H groups in total. The Balaban J connectivity index is 1.59. The average molecular weight is 823 g/mol. The number of hydrogen-bond donors (Lipinski definition) is 14. The van der Waals surface area contributed by atoms with Gasteiger partial charge >= 0.3 is 5.97 Å². The van der Waals surface area contributed by atoms with Crippen molar-refractivity contribution < 1.29 is 113 Å². The van der Waals surface area contributed by atoms with Crippen molar-refractivity contribution >= 4 is 11.9 Å². The van der Waals surface area contributed by atoms with Crippen LogP contribution in [0.3, 0.4) is 0 Å². The van der Waals surface area contributed by atoms with Crippen LogP contribution in [0.1, 0.15) is 13.3 Å². The fraction of sp³-hybridized carbons (Fsp3) is 0.935. The van der Waals surface area contributed by atoms with E-state index in [2.05, 4.69) is 5.32 Å². The fourth-order valence-electron chi connectivity index (χ4n) is 7.00. The Labute approximate surface area is 318 Å². The Bertz CT molecular complexity index is 1270. The van der Waals surface area contributed by atoms with Crippen LogP contribution in [0.15, 0.2) is 0 Å². The second kappa shape index (κ2) is 19.9. The van der Waals surface area contributed by atoms with Crippen LogP contribution in [0.5, 0.6) is 0 Å². The van der Waals surface area contributed by atoms with Crippen molar-refractivity contribution in [2.45, 2.75) is 142 Å². The summed E-state index contributed by atoms with van der Waals surface area (Å²) in [6.45, 7) is -2.55. The predicted octanol–water partition coefficient (Wildman–Crippen LogP) is -9.69. The molecule has 4 aliphatic heterocycles. The number of amides is 1. The number of esters is 1. The topological polar surface area (TPSA) is 398 Å². The summed E-state index contributed by atoms with van der Waals surface area (Å²) in [5.41, 5.74) is 6.22. The molecule has 0 unspecified atom stereocenters. The molecule has 56 heavy (non-hydrogen) atoms. The second-order valence-electron chi connectivity index (χ2n) is 13.8. The van der Waals surface area contributed by atoms with Crippen LogP contribution in [0.4, 0.5) is 0 Å². The van der Waals surface area contributed by atoms with Gasteiger partial charge in [0, 0.05) is 20.5 Å². The van der Waals surface area contributed by atoms with Gasteiger partial charge in [0.25, 0.3) is 5.79 Å². The lowest BCUT2D eigenvalue weighted by atomic mass is 9.88. The Kier molecular flexibility index (Phi) is 16.6. The first-order valence-electron chi connectivity index (χ1n) is 17.6. The molecule has 4 fully saturated rings. The zero-order valence-electron chi connectivity index (χ0n) is 30.5. The lowest BCUT2D eigenvalue weighted by Crippen LogP contribution is -2.71. The maximum Gasteiger partial charge on any atom is 0.366 e. The largest absolute Gasteiger partial charge is 0.465 e. The minimum atomic E-state index is -2.84. The first-order chi connectivity index (χ1) is 26.4. The fourth-order valence-corrected chi connectivity index (χ4v) is 7.00. The SMILES string of the molecule is COC(=O)[C@@]1(O[C@H]2[C@@H](O)[C@@H](CO)O[C@@H](O[C@H]3[C@H](O)[C@@H](N)[C@H](O[C@@H]4[C@H](OC)O[C@H](CO)[C@@H](O)[C@@H]4O)O[C@@H]3CO)[C@@H]2O)C[C@H](O)[C@@H](NC(C)=O)[C@H]([C@H](O)[C@H](O)CO)O1. The van der Waals surface area contributed by atoms with Crippen molar-refractivity contribution in [3.63, 3.8) is 0 Å². The molecule has 0 spiro atoms. The van der Waals surface area contributed by atoms with Crippen LogP contribution in [-0.2, 0) is 52.2 Å². The van der Waals surface area contributed by atoms with Gasteiger partial charge < -0.3 is 115 Å². The van der Waals surface area contributed by atoms with Crippen molar-refractivity contribution in [2.75, 3.05) is 40.6 Å². The molecule has 0 bridgehead atoms. The molecule has 4 saturated heterocycles. The molecular weight excluding hydrogens is 768 g/mol. The minimum Gasteiger partial charge on any atom is -0.465 e. The molecule has 4 rings (SSSR count). The number of hydrogen-bond acceptors (Lipinski definition) is 24. The van der Waals surface area contributed by atoms with E-state index in [1.54, 1.807) is 0 Å². The summed E-state index contributed by atoms with van der Waals surface area (Å²) in [6.07, 6.45) is -32.8. The summed E-state index contributed by atoms with van der Waals surface area (Å²) in [5, 5.41) is 129. The van der Waals surface area contributed by atoms with E-state index in [0.29, 0.717) is 0 Å². The molecule has 0 aromatic heterocycles. The molecule has 0 aromatic rings. The molecule has 25 nitrogen and oxygen atoms in total. The maximum absolute atomic E-state index is 13.4. The van der Waals surface area contributed by atoms with Crippen LogP contribution in [0.25, 0.3) is 0 Å². The molecule has 1 amide bonds. The number of ether oxygens (including phenoxy) is 9. The molecule has 0 aliphatic carbocycles. The van der Waals surface area contributed by atoms with Crippen LogP contribution in [-0.4, -0.2) is 242 Å². The van der Waals surface area contributed by atoms with Crippen molar-refractivity contribution in [1.29, 1.82) is 0 Å². The molecule has 4 heterocycles. The van der Waals surface area contributed by atoms with Crippen molar-refractivity contribution in [1.82, 2.24) is 5.32 Å². The second-order valence-corrected chi connectivity index (χ2v) is 13.8. The number of nitrogens with two attached hydrogens (primary N) is 1. The predicted molar refractivity (Wildman–Crippen MR) is 174 cm³/mol. The van der Waals surface area contributed by atoms with E-state index in [1.165, 1.54) is 7.11 Å². The molecule has 21 atom stereocenters. The molecule has 0 aromatic carbocycles.